The lowest BCUT2D eigenvalue weighted by Crippen LogP contribution is -2.27. The first-order valence-electron chi connectivity index (χ1n) is 4.82. The van der Waals surface area contributed by atoms with Crippen molar-refractivity contribution < 1.29 is 9.84 Å². The molecule has 1 aliphatic rings. The number of benzene rings is 1. The van der Waals surface area contributed by atoms with Crippen molar-refractivity contribution in [1.29, 1.82) is 5.26 Å². The molecule has 0 aromatic heterocycles. The second-order valence-corrected chi connectivity index (χ2v) is 3.45. The zero-order valence-electron chi connectivity index (χ0n) is 8.23. The Morgan fingerprint density at radius 2 is 2.47 bits per heavy atom. The van der Waals surface area contributed by atoms with Crippen molar-refractivity contribution in [2.75, 3.05) is 13.2 Å². The Balaban J connectivity index is 2.24. The van der Waals surface area contributed by atoms with Crippen LogP contribution in [0.15, 0.2) is 18.2 Å². The average Bonchev–Trinajstić information content (AvgIpc) is 2.27. The van der Waals surface area contributed by atoms with Crippen LogP contribution in [0.1, 0.15) is 17.2 Å². The zero-order chi connectivity index (χ0) is 10.7. The Morgan fingerprint density at radius 1 is 1.60 bits per heavy atom. The van der Waals surface area contributed by atoms with Crippen molar-refractivity contribution in [2.24, 2.45) is 0 Å². The van der Waals surface area contributed by atoms with Gasteiger partial charge in [-0.05, 0) is 23.3 Å². The van der Waals surface area contributed by atoms with E-state index in [1.54, 1.807) is 6.07 Å². The number of hydrogen-bond acceptors (Lipinski definition) is 4. The maximum Gasteiger partial charge on any atom is 0.174 e. The molecule has 0 aliphatic carbocycles. The number of β-amino-alcohol motifs (C(OH)–C–C–N with tert-alkyl or cyclic N) is 1. The number of aliphatic hydroxyl groups is 1. The van der Waals surface area contributed by atoms with E-state index < -0.39 is 6.10 Å². The van der Waals surface area contributed by atoms with E-state index in [2.05, 4.69) is 5.32 Å². The molecular weight excluding hydrogens is 192 g/mol. The highest BCUT2D eigenvalue weighted by atomic mass is 16.5. The molecule has 0 bridgehead atoms. The lowest BCUT2D eigenvalue weighted by atomic mass is 9.98. The van der Waals surface area contributed by atoms with Gasteiger partial charge >= 0.3 is 0 Å². The number of nitrogens with zero attached hydrogens (tertiary/aromatic N) is 1. The number of fused-ring (bicyclic) bond motifs is 1. The average molecular weight is 204 g/mol. The molecule has 1 atom stereocenters. The topological polar surface area (TPSA) is 65.3 Å². The molecule has 4 nitrogen and oxygen atoms in total. The molecule has 0 spiro atoms. The van der Waals surface area contributed by atoms with E-state index in [1.165, 1.54) is 0 Å². The van der Waals surface area contributed by atoms with Crippen LogP contribution in [0.5, 0.6) is 5.75 Å². The van der Waals surface area contributed by atoms with Gasteiger partial charge < -0.3 is 15.2 Å². The Morgan fingerprint density at radius 3 is 3.27 bits per heavy atom. The highest BCUT2D eigenvalue weighted by molar-refractivity contribution is 5.38. The second kappa shape index (κ2) is 4.30. The summed E-state index contributed by atoms with van der Waals surface area (Å²) < 4.78 is 5.18. The van der Waals surface area contributed by atoms with E-state index in [9.17, 15) is 5.11 Å². The van der Waals surface area contributed by atoms with Crippen LogP contribution in [0.4, 0.5) is 0 Å². The summed E-state index contributed by atoms with van der Waals surface area (Å²) in [6, 6.07) is 7.44. The third-order valence-corrected chi connectivity index (χ3v) is 2.43. The van der Waals surface area contributed by atoms with Gasteiger partial charge in [-0.3, -0.25) is 0 Å². The minimum Gasteiger partial charge on any atom is -0.479 e. The van der Waals surface area contributed by atoms with Crippen molar-refractivity contribution in [2.45, 2.75) is 12.6 Å². The molecule has 0 amide bonds. The third kappa shape index (κ3) is 2.09. The van der Waals surface area contributed by atoms with Crippen molar-refractivity contribution in [1.82, 2.24) is 5.32 Å². The minimum atomic E-state index is -0.487. The molecule has 1 unspecified atom stereocenters. The van der Waals surface area contributed by atoms with Crippen molar-refractivity contribution in [3.8, 4) is 11.8 Å². The summed E-state index contributed by atoms with van der Waals surface area (Å²) in [5.41, 5.74) is 1.97. The first kappa shape index (κ1) is 9.97. The maximum absolute atomic E-state index is 9.73. The molecule has 0 saturated heterocycles. The quantitative estimate of drug-likeness (QED) is 0.745. The van der Waals surface area contributed by atoms with E-state index in [0.29, 0.717) is 12.3 Å². The number of ether oxygens (including phenoxy) is 1. The minimum absolute atomic E-state index is 0.0349. The van der Waals surface area contributed by atoms with Crippen molar-refractivity contribution in [3.05, 3.63) is 29.3 Å². The van der Waals surface area contributed by atoms with Crippen LogP contribution in [-0.2, 0) is 6.54 Å². The van der Waals surface area contributed by atoms with Gasteiger partial charge in [-0.25, -0.2) is 0 Å². The van der Waals surface area contributed by atoms with Gasteiger partial charge in [0.1, 0.15) is 11.8 Å². The molecule has 1 heterocycles. The number of hydrogen-bond donors (Lipinski definition) is 2. The SMILES string of the molecule is N#CCOc1ccc2c(c1)C(O)CNC2. The molecule has 78 valence electrons. The molecule has 2 rings (SSSR count). The van der Waals surface area contributed by atoms with E-state index >= 15 is 0 Å². The standard InChI is InChI=1S/C11H12N2O2/c12-3-4-15-9-2-1-8-6-13-7-11(14)10(8)5-9/h1-2,5,11,13-14H,4,6-7H2. The molecule has 1 aromatic rings. The summed E-state index contributed by atoms with van der Waals surface area (Å²) in [5.74, 6) is 0.635. The Labute approximate surface area is 88.1 Å². The predicted molar refractivity (Wildman–Crippen MR) is 54.2 cm³/mol. The van der Waals surface area contributed by atoms with E-state index in [4.69, 9.17) is 10.00 Å². The summed E-state index contributed by atoms with van der Waals surface area (Å²) in [7, 11) is 0. The summed E-state index contributed by atoms with van der Waals surface area (Å²) in [5, 5.41) is 21.2. The van der Waals surface area contributed by atoms with Crippen LogP contribution < -0.4 is 10.1 Å². The number of nitriles is 1. The van der Waals surface area contributed by atoms with Crippen LogP contribution in [-0.4, -0.2) is 18.3 Å². The van der Waals surface area contributed by atoms with Crippen LogP contribution in [0.2, 0.25) is 0 Å². The highest BCUT2D eigenvalue weighted by Crippen LogP contribution is 2.26. The molecule has 0 fully saturated rings. The lowest BCUT2D eigenvalue weighted by molar-refractivity contribution is 0.164. The van der Waals surface area contributed by atoms with Crippen LogP contribution in [0.25, 0.3) is 0 Å². The van der Waals surface area contributed by atoms with E-state index in [0.717, 1.165) is 17.7 Å². The smallest absolute Gasteiger partial charge is 0.174 e. The Hall–Kier alpha value is -1.57. The third-order valence-electron chi connectivity index (χ3n) is 2.43. The van der Waals surface area contributed by atoms with Gasteiger partial charge in [0.05, 0.1) is 6.10 Å². The van der Waals surface area contributed by atoms with Crippen LogP contribution in [0.3, 0.4) is 0 Å². The van der Waals surface area contributed by atoms with Crippen molar-refractivity contribution >= 4 is 0 Å². The fraction of sp³-hybridized carbons (Fsp3) is 0.364. The van der Waals surface area contributed by atoms with E-state index in [1.807, 2.05) is 18.2 Å². The summed E-state index contributed by atoms with van der Waals surface area (Å²) in [4.78, 5) is 0. The molecule has 1 aromatic carbocycles. The van der Waals surface area contributed by atoms with E-state index in [-0.39, 0.29) is 6.61 Å². The molecule has 0 radical (unpaired) electrons. The Kier molecular flexibility index (Phi) is 2.86. The largest absolute Gasteiger partial charge is 0.479 e. The maximum atomic E-state index is 9.73. The van der Waals surface area contributed by atoms with Gasteiger partial charge in [0.15, 0.2) is 6.61 Å². The summed E-state index contributed by atoms with van der Waals surface area (Å²) >= 11 is 0. The highest BCUT2D eigenvalue weighted by Gasteiger charge is 2.17. The summed E-state index contributed by atoms with van der Waals surface area (Å²) in [6.07, 6.45) is -0.487. The monoisotopic (exact) mass is 204 g/mol. The van der Waals surface area contributed by atoms with Gasteiger partial charge in [0.25, 0.3) is 0 Å². The van der Waals surface area contributed by atoms with Gasteiger partial charge in [0, 0.05) is 13.1 Å². The molecule has 15 heavy (non-hydrogen) atoms. The van der Waals surface area contributed by atoms with Gasteiger partial charge in [-0.15, -0.1) is 0 Å². The van der Waals surface area contributed by atoms with Gasteiger partial charge in [-0.2, -0.15) is 5.26 Å². The Bertz CT molecular complexity index is 398. The number of rotatable bonds is 2. The summed E-state index contributed by atoms with van der Waals surface area (Å²) in [6.45, 7) is 1.37. The molecule has 2 N–H and O–H groups in total. The van der Waals surface area contributed by atoms with Crippen LogP contribution >= 0.6 is 0 Å². The predicted octanol–water partition coefficient (Wildman–Crippen LogP) is 0.726. The van der Waals surface area contributed by atoms with Gasteiger partial charge in [0.2, 0.25) is 0 Å². The number of nitrogens with one attached hydrogen (secondary N) is 1. The fourth-order valence-corrected chi connectivity index (χ4v) is 1.70. The number of aliphatic hydroxyl groups excluding tert-OH is 1. The normalized spacial score (nSPS) is 19.1. The molecular formula is C11H12N2O2. The molecule has 0 saturated carbocycles. The first-order chi connectivity index (χ1) is 7.31. The molecule has 1 aliphatic heterocycles. The van der Waals surface area contributed by atoms with Gasteiger partial charge in [-0.1, -0.05) is 6.07 Å². The second-order valence-electron chi connectivity index (χ2n) is 3.45. The fourth-order valence-electron chi connectivity index (χ4n) is 1.70. The zero-order valence-corrected chi connectivity index (χ0v) is 8.23. The lowest BCUT2D eigenvalue weighted by Gasteiger charge is -2.22. The molecule has 4 heteroatoms. The van der Waals surface area contributed by atoms with Crippen molar-refractivity contribution in [3.63, 3.8) is 0 Å². The van der Waals surface area contributed by atoms with Crippen LogP contribution in [0, 0.1) is 11.3 Å². The first-order valence-corrected chi connectivity index (χ1v) is 4.82.